The summed E-state index contributed by atoms with van der Waals surface area (Å²) in [5.41, 5.74) is 5.63. The summed E-state index contributed by atoms with van der Waals surface area (Å²) >= 11 is 17.5. The minimum Gasteiger partial charge on any atom is -0.451 e. The van der Waals surface area contributed by atoms with Crippen LogP contribution in [0.15, 0.2) is 24.3 Å². The monoisotopic (exact) mass is 419 g/mol. The second-order valence-electron chi connectivity index (χ2n) is 4.98. The lowest BCUT2D eigenvalue weighted by Crippen LogP contribution is -2.34. The maximum Gasteiger partial charge on any atom is 0.359 e. The van der Waals surface area contributed by atoms with Crippen LogP contribution in [0.5, 0.6) is 0 Å². The summed E-state index contributed by atoms with van der Waals surface area (Å²) in [7, 11) is 0. The molecule has 1 amide bonds. The number of esters is 1. The highest BCUT2D eigenvalue weighted by Crippen LogP contribution is 2.34. The number of likely N-dealkylation sites (N-methyl/N-ethyl adjacent to an activating group) is 1. The standard InChI is InChI=1S/C16H13Cl3FN3O3/c1-2-23(9-5-3-8(20)4-6-9)10(24)7-26-16(25)14-11(17)13(21)12(18)15(19)22-14/h3-6H,2,7H2,1H3,(H2,21,22). The maximum atomic E-state index is 13.0. The quantitative estimate of drug-likeness (QED) is 0.584. The molecule has 1 heterocycles. The van der Waals surface area contributed by atoms with Crippen LogP contribution in [0.4, 0.5) is 15.8 Å². The minimum atomic E-state index is -0.983. The molecule has 0 atom stereocenters. The third-order valence-corrected chi connectivity index (χ3v) is 4.48. The Morgan fingerprint density at radius 1 is 1.19 bits per heavy atom. The number of nitrogens with zero attached hydrogens (tertiary/aromatic N) is 2. The van der Waals surface area contributed by atoms with Gasteiger partial charge < -0.3 is 15.4 Å². The molecule has 2 aromatic rings. The van der Waals surface area contributed by atoms with Crippen molar-refractivity contribution in [3.05, 3.63) is 51.0 Å². The summed E-state index contributed by atoms with van der Waals surface area (Å²) in [6.07, 6.45) is 0. The van der Waals surface area contributed by atoms with Crippen LogP contribution in [-0.4, -0.2) is 30.0 Å². The molecule has 2 rings (SSSR count). The Kier molecular flexibility index (Phi) is 6.63. The molecule has 0 fully saturated rings. The summed E-state index contributed by atoms with van der Waals surface area (Å²) in [4.78, 5) is 29.5. The molecule has 10 heteroatoms. The molecule has 0 radical (unpaired) electrons. The van der Waals surface area contributed by atoms with Crippen LogP contribution in [0, 0.1) is 5.82 Å². The second kappa shape index (κ2) is 8.53. The van der Waals surface area contributed by atoms with E-state index in [-0.39, 0.29) is 26.6 Å². The number of halogens is 4. The number of ether oxygens (including phenoxy) is 1. The van der Waals surface area contributed by atoms with E-state index >= 15 is 0 Å². The minimum absolute atomic E-state index is 0.0854. The molecule has 26 heavy (non-hydrogen) atoms. The summed E-state index contributed by atoms with van der Waals surface area (Å²) in [5, 5.41) is -0.520. The Hall–Kier alpha value is -2.09. The Balaban J connectivity index is 2.11. The Morgan fingerprint density at radius 2 is 1.81 bits per heavy atom. The first-order valence-corrected chi connectivity index (χ1v) is 8.42. The number of hydrogen-bond acceptors (Lipinski definition) is 5. The van der Waals surface area contributed by atoms with Gasteiger partial charge in [0.15, 0.2) is 17.5 Å². The van der Waals surface area contributed by atoms with E-state index in [1.807, 2.05) is 0 Å². The molecule has 0 spiro atoms. The fraction of sp³-hybridized carbons (Fsp3) is 0.188. The number of amides is 1. The molecule has 0 aliphatic heterocycles. The van der Waals surface area contributed by atoms with E-state index < -0.39 is 24.3 Å². The first-order chi connectivity index (χ1) is 12.3. The zero-order valence-electron chi connectivity index (χ0n) is 13.4. The molecule has 1 aromatic heterocycles. The molecule has 2 N–H and O–H groups in total. The highest BCUT2D eigenvalue weighted by Gasteiger charge is 2.23. The van der Waals surface area contributed by atoms with E-state index in [4.69, 9.17) is 45.3 Å². The number of nitrogen functional groups attached to an aromatic ring is 1. The molecule has 0 saturated heterocycles. The topological polar surface area (TPSA) is 85.5 Å². The Morgan fingerprint density at radius 3 is 2.38 bits per heavy atom. The third kappa shape index (κ3) is 4.35. The molecule has 0 unspecified atom stereocenters. The van der Waals surface area contributed by atoms with Crippen LogP contribution in [-0.2, 0) is 9.53 Å². The van der Waals surface area contributed by atoms with E-state index in [1.165, 1.54) is 29.2 Å². The van der Waals surface area contributed by atoms with Crippen LogP contribution < -0.4 is 10.6 Å². The predicted molar refractivity (Wildman–Crippen MR) is 98.4 cm³/mol. The van der Waals surface area contributed by atoms with E-state index in [9.17, 15) is 14.0 Å². The number of pyridine rings is 1. The van der Waals surface area contributed by atoms with Gasteiger partial charge in [-0.05, 0) is 31.2 Å². The normalized spacial score (nSPS) is 10.5. The number of aromatic nitrogens is 1. The van der Waals surface area contributed by atoms with Gasteiger partial charge in [0, 0.05) is 12.2 Å². The van der Waals surface area contributed by atoms with Crippen molar-refractivity contribution in [2.45, 2.75) is 6.92 Å². The number of benzene rings is 1. The van der Waals surface area contributed by atoms with Crippen LogP contribution >= 0.6 is 34.8 Å². The van der Waals surface area contributed by atoms with Gasteiger partial charge in [-0.25, -0.2) is 14.2 Å². The lowest BCUT2D eigenvalue weighted by Gasteiger charge is -2.20. The molecule has 1 aromatic carbocycles. The zero-order chi connectivity index (χ0) is 19.4. The van der Waals surface area contributed by atoms with Crippen LogP contribution in [0.3, 0.4) is 0 Å². The lowest BCUT2D eigenvalue weighted by atomic mass is 10.2. The van der Waals surface area contributed by atoms with E-state index in [1.54, 1.807) is 6.92 Å². The van der Waals surface area contributed by atoms with Gasteiger partial charge in [0.1, 0.15) is 10.8 Å². The summed E-state index contributed by atoms with van der Waals surface area (Å²) in [6, 6.07) is 5.33. The first-order valence-electron chi connectivity index (χ1n) is 7.29. The third-order valence-electron chi connectivity index (χ3n) is 3.35. The van der Waals surface area contributed by atoms with Crippen molar-refractivity contribution >= 4 is 58.1 Å². The van der Waals surface area contributed by atoms with Gasteiger partial charge in [-0.3, -0.25) is 4.79 Å². The van der Waals surface area contributed by atoms with Crippen molar-refractivity contribution in [1.29, 1.82) is 0 Å². The van der Waals surface area contributed by atoms with Crippen LogP contribution in [0.25, 0.3) is 0 Å². The molecule has 0 saturated carbocycles. The molecule has 0 aliphatic carbocycles. The van der Waals surface area contributed by atoms with Crippen molar-refractivity contribution in [1.82, 2.24) is 4.98 Å². The SMILES string of the molecule is CCN(C(=O)COC(=O)c1nc(Cl)c(Cl)c(N)c1Cl)c1ccc(F)cc1. The van der Waals surface area contributed by atoms with Crippen molar-refractivity contribution in [2.75, 3.05) is 23.8 Å². The van der Waals surface area contributed by atoms with Gasteiger partial charge >= 0.3 is 5.97 Å². The number of nitrogens with two attached hydrogens (primary N) is 1. The molecule has 0 bridgehead atoms. The summed E-state index contributed by atoms with van der Waals surface area (Å²) < 4.78 is 17.9. The first kappa shape index (κ1) is 20.2. The van der Waals surface area contributed by atoms with Gasteiger partial charge in [-0.1, -0.05) is 34.8 Å². The number of hydrogen-bond donors (Lipinski definition) is 1. The summed E-state index contributed by atoms with van der Waals surface area (Å²) in [6.45, 7) is 1.43. The molecule has 138 valence electrons. The van der Waals surface area contributed by atoms with E-state index in [2.05, 4.69) is 4.98 Å². The van der Waals surface area contributed by atoms with Gasteiger partial charge in [0.2, 0.25) is 0 Å². The Bertz CT molecular complexity index is 847. The second-order valence-corrected chi connectivity index (χ2v) is 6.10. The van der Waals surface area contributed by atoms with E-state index in [0.717, 1.165) is 0 Å². The van der Waals surface area contributed by atoms with Crippen LogP contribution in [0.2, 0.25) is 15.2 Å². The summed E-state index contributed by atoms with van der Waals surface area (Å²) in [5.74, 6) is -1.93. The molecular formula is C16H13Cl3FN3O3. The fourth-order valence-corrected chi connectivity index (χ4v) is 2.65. The smallest absolute Gasteiger partial charge is 0.359 e. The average molecular weight is 421 g/mol. The highest BCUT2D eigenvalue weighted by molar-refractivity contribution is 6.46. The Labute approximate surface area is 163 Å². The number of anilines is 2. The number of carbonyl (C=O) groups excluding carboxylic acids is 2. The molecule has 6 nitrogen and oxygen atoms in total. The zero-order valence-corrected chi connectivity index (χ0v) is 15.7. The number of carbonyl (C=O) groups is 2. The van der Waals surface area contributed by atoms with Gasteiger partial charge in [-0.2, -0.15) is 0 Å². The predicted octanol–water partition coefficient (Wildman–Crippen LogP) is 3.97. The molecular weight excluding hydrogens is 408 g/mol. The van der Waals surface area contributed by atoms with Gasteiger partial charge in [-0.15, -0.1) is 0 Å². The average Bonchev–Trinajstić information content (AvgIpc) is 2.63. The fourth-order valence-electron chi connectivity index (χ4n) is 2.06. The van der Waals surface area contributed by atoms with Crippen LogP contribution in [0.1, 0.15) is 17.4 Å². The van der Waals surface area contributed by atoms with E-state index in [0.29, 0.717) is 12.2 Å². The van der Waals surface area contributed by atoms with Crippen molar-refractivity contribution in [2.24, 2.45) is 0 Å². The van der Waals surface area contributed by atoms with Crippen molar-refractivity contribution in [3.63, 3.8) is 0 Å². The van der Waals surface area contributed by atoms with Crippen molar-refractivity contribution in [3.8, 4) is 0 Å². The molecule has 0 aliphatic rings. The maximum absolute atomic E-state index is 13.0. The van der Waals surface area contributed by atoms with Gasteiger partial charge in [0.25, 0.3) is 5.91 Å². The highest BCUT2D eigenvalue weighted by atomic mass is 35.5. The van der Waals surface area contributed by atoms with Gasteiger partial charge in [0.05, 0.1) is 10.7 Å². The van der Waals surface area contributed by atoms with Crippen molar-refractivity contribution < 1.29 is 18.7 Å². The largest absolute Gasteiger partial charge is 0.451 e. The lowest BCUT2D eigenvalue weighted by molar-refractivity contribution is -0.121. The number of rotatable bonds is 5.